The number of thioether (sulfide) groups is 1. The average molecular weight is 461 g/mol. The van der Waals surface area contributed by atoms with Crippen molar-refractivity contribution in [3.63, 3.8) is 0 Å². The molecule has 3 heterocycles. The molecule has 0 spiro atoms. The molecule has 3 aromatic heterocycles. The lowest BCUT2D eigenvalue weighted by Gasteiger charge is -2.11. The van der Waals surface area contributed by atoms with Gasteiger partial charge >= 0.3 is 5.97 Å². The molecular weight excluding hydrogens is 442 g/mol. The normalized spacial score (nSPS) is 12.3. The maximum absolute atomic E-state index is 12.2. The number of carbonyl (C=O) groups is 2. The molecule has 1 atom stereocenters. The lowest BCUT2D eigenvalue weighted by molar-refractivity contribution is -0.146. The fraction of sp³-hybridized carbons (Fsp3) is 0.167. The molecule has 33 heavy (non-hydrogen) atoms. The van der Waals surface area contributed by atoms with Gasteiger partial charge in [-0.05, 0) is 31.2 Å². The standard InChI is InChI=1S/C24H19N3O5S/c1-14(19-10-15-6-2-4-8-17(15)31-19)27-20(28)11-30-21(29)12-33-24-23-22(25-13-26-24)16-7-3-5-9-18(16)32-23/h2-10,13-14H,11-12H2,1H3,(H,27,28)/t14-/m1/s1. The van der Waals surface area contributed by atoms with E-state index in [1.807, 2.05) is 54.6 Å². The molecule has 0 fully saturated rings. The van der Waals surface area contributed by atoms with E-state index in [0.29, 0.717) is 27.5 Å². The molecule has 5 rings (SSSR count). The Balaban J connectivity index is 1.15. The Kier molecular flexibility index (Phi) is 5.70. The number of fused-ring (bicyclic) bond motifs is 4. The van der Waals surface area contributed by atoms with Gasteiger partial charge in [-0.3, -0.25) is 9.59 Å². The van der Waals surface area contributed by atoms with Crippen molar-refractivity contribution in [3.8, 4) is 0 Å². The van der Waals surface area contributed by atoms with Crippen molar-refractivity contribution in [1.29, 1.82) is 0 Å². The summed E-state index contributed by atoms with van der Waals surface area (Å²) in [5.41, 5.74) is 2.66. The minimum absolute atomic E-state index is 0.0183. The molecule has 0 aliphatic heterocycles. The quantitative estimate of drug-likeness (QED) is 0.212. The zero-order chi connectivity index (χ0) is 22.8. The summed E-state index contributed by atoms with van der Waals surface area (Å²) in [5, 5.41) is 5.15. The number of benzene rings is 2. The summed E-state index contributed by atoms with van der Waals surface area (Å²) in [7, 11) is 0. The molecule has 0 unspecified atom stereocenters. The van der Waals surface area contributed by atoms with Gasteiger partial charge in [0.05, 0.1) is 11.8 Å². The lowest BCUT2D eigenvalue weighted by Crippen LogP contribution is -2.31. The molecule has 0 saturated carbocycles. The van der Waals surface area contributed by atoms with E-state index in [0.717, 1.165) is 16.4 Å². The molecule has 2 aromatic carbocycles. The highest BCUT2D eigenvalue weighted by Crippen LogP contribution is 2.32. The maximum atomic E-state index is 12.2. The van der Waals surface area contributed by atoms with Crippen LogP contribution < -0.4 is 5.32 Å². The number of aromatic nitrogens is 2. The number of nitrogens with one attached hydrogen (secondary N) is 1. The van der Waals surface area contributed by atoms with Gasteiger partial charge in [0, 0.05) is 10.8 Å². The zero-order valence-corrected chi connectivity index (χ0v) is 18.4. The first-order chi connectivity index (χ1) is 16.1. The number of amides is 1. The SMILES string of the molecule is C[C@@H](NC(=O)COC(=O)CSc1ncnc2c1oc1ccccc12)c1cc2ccccc2o1. The number of para-hydroxylation sites is 2. The summed E-state index contributed by atoms with van der Waals surface area (Å²) < 4.78 is 16.7. The number of ether oxygens (including phenoxy) is 1. The van der Waals surface area contributed by atoms with Crippen molar-refractivity contribution in [3.05, 3.63) is 66.7 Å². The van der Waals surface area contributed by atoms with Gasteiger partial charge in [-0.1, -0.05) is 42.1 Å². The van der Waals surface area contributed by atoms with E-state index in [-0.39, 0.29) is 18.4 Å². The number of esters is 1. The van der Waals surface area contributed by atoms with Crippen LogP contribution in [0.25, 0.3) is 33.0 Å². The Morgan fingerprint density at radius 3 is 2.70 bits per heavy atom. The summed E-state index contributed by atoms with van der Waals surface area (Å²) in [6.45, 7) is 1.43. The van der Waals surface area contributed by atoms with Gasteiger partial charge in [0.1, 0.15) is 33.8 Å². The number of nitrogens with zero attached hydrogens (tertiary/aromatic N) is 2. The van der Waals surface area contributed by atoms with Crippen molar-refractivity contribution in [1.82, 2.24) is 15.3 Å². The molecule has 0 radical (unpaired) electrons. The summed E-state index contributed by atoms with van der Waals surface area (Å²) in [6, 6.07) is 16.7. The first-order valence-electron chi connectivity index (χ1n) is 10.3. The van der Waals surface area contributed by atoms with Crippen LogP contribution in [-0.4, -0.2) is 34.2 Å². The third-order valence-electron chi connectivity index (χ3n) is 5.07. The monoisotopic (exact) mass is 461 g/mol. The van der Waals surface area contributed by atoms with Gasteiger partial charge < -0.3 is 18.9 Å². The summed E-state index contributed by atoms with van der Waals surface area (Å²) in [5.74, 6) is -0.335. The van der Waals surface area contributed by atoms with Crippen LogP contribution in [0, 0.1) is 0 Å². The smallest absolute Gasteiger partial charge is 0.316 e. The Morgan fingerprint density at radius 2 is 1.85 bits per heavy atom. The van der Waals surface area contributed by atoms with Crippen LogP contribution >= 0.6 is 11.8 Å². The van der Waals surface area contributed by atoms with E-state index < -0.39 is 11.9 Å². The van der Waals surface area contributed by atoms with Crippen LogP contribution in [0.2, 0.25) is 0 Å². The topological polar surface area (TPSA) is 107 Å². The Labute approximate surface area is 192 Å². The molecule has 0 aliphatic rings. The highest BCUT2D eigenvalue weighted by Gasteiger charge is 2.17. The Bertz CT molecular complexity index is 1440. The fourth-order valence-corrected chi connectivity index (χ4v) is 4.22. The van der Waals surface area contributed by atoms with E-state index in [2.05, 4.69) is 15.3 Å². The summed E-state index contributed by atoms with van der Waals surface area (Å²) in [4.78, 5) is 32.9. The minimum Gasteiger partial charge on any atom is -0.459 e. The van der Waals surface area contributed by atoms with Gasteiger partial charge in [-0.2, -0.15) is 0 Å². The van der Waals surface area contributed by atoms with Gasteiger partial charge in [-0.25, -0.2) is 9.97 Å². The molecular formula is C24H19N3O5S. The molecule has 0 bridgehead atoms. The first-order valence-corrected chi connectivity index (χ1v) is 11.3. The average Bonchev–Trinajstić information content (AvgIpc) is 3.43. The van der Waals surface area contributed by atoms with Crippen LogP contribution in [0.5, 0.6) is 0 Å². The maximum Gasteiger partial charge on any atom is 0.316 e. The third-order valence-corrected chi connectivity index (χ3v) is 6.01. The molecule has 9 heteroatoms. The highest BCUT2D eigenvalue weighted by molar-refractivity contribution is 8.00. The second-order valence-corrected chi connectivity index (χ2v) is 8.34. The summed E-state index contributed by atoms with van der Waals surface area (Å²) in [6.07, 6.45) is 1.44. The second-order valence-electron chi connectivity index (χ2n) is 7.38. The van der Waals surface area contributed by atoms with E-state index in [1.165, 1.54) is 18.1 Å². The van der Waals surface area contributed by atoms with Crippen LogP contribution in [0.15, 0.2) is 74.8 Å². The van der Waals surface area contributed by atoms with Crippen LogP contribution in [-0.2, 0) is 14.3 Å². The van der Waals surface area contributed by atoms with Crippen molar-refractivity contribution in [2.75, 3.05) is 12.4 Å². The second kappa shape index (κ2) is 8.95. The molecule has 0 aliphatic carbocycles. The van der Waals surface area contributed by atoms with E-state index in [1.54, 1.807) is 6.92 Å². The number of hydrogen-bond donors (Lipinski definition) is 1. The fourth-order valence-electron chi connectivity index (χ4n) is 3.49. The predicted octanol–water partition coefficient (Wildman–Crippen LogP) is 4.63. The predicted molar refractivity (Wildman–Crippen MR) is 124 cm³/mol. The van der Waals surface area contributed by atoms with Crippen molar-refractivity contribution >= 4 is 56.7 Å². The van der Waals surface area contributed by atoms with Gasteiger partial charge in [-0.15, -0.1) is 0 Å². The van der Waals surface area contributed by atoms with E-state index in [9.17, 15) is 9.59 Å². The van der Waals surface area contributed by atoms with E-state index in [4.69, 9.17) is 13.6 Å². The highest BCUT2D eigenvalue weighted by atomic mass is 32.2. The van der Waals surface area contributed by atoms with Crippen LogP contribution in [0.4, 0.5) is 0 Å². The minimum atomic E-state index is -0.533. The van der Waals surface area contributed by atoms with E-state index >= 15 is 0 Å². The Morgan fingerprint density at radius 1 is 1.06 bits per heavy atom. The molecule has 1 amide bonds. The number of furan rings is 2. The van der Waals surface area contributed by atoms with Gasteiger partial charge in [0.25, 0.3) is 5.91 Å². The Hall–Kier alpha value is -3.85. The van der Waals surface area contributed by atoms with Gasteiger partial charge in [0.2, 0.25) is 0 Å². The number of rotatable bonds is 7. The van der Waals surface area contributed by atoms with Crippen molar-refractivity contribution in [2.24, 2.45) is 0 Å². The largest absolute Gasteiger partial charge is 0.459 e. The van der Waals surface area contributed by atoms with Crippen LogP contribution in [0.1, 0.15) is 18.7 Å². The van der Waals surface area contributed by atoms with Crippen LogP contribution in [0.3, 0.4) is 0 Å². The summed E-state index contributed by atoms with van der Waals surface area (Å²) >= 11 is 1.17. The first kappa shape index (κ1) is 21.0. The molecule has 8 nitrogen and oxygen atoms in total. The number of hydrogen-bond acceptors (Lipinski definition) is 8. The zero-order valence-electron chi connectivity index (χ0n) is 17.6. The molecule has 1 N–H and O–H groups in total. The van der Waals surface area contributed by atoms with Crippen molar-refractivity contribution < 1.29 is 23.2 Å². The third kappa shape index (κ3) is 4.40. The van der Waals surface area contributed by atoms with Gasteiger partial charge in [0.15, 0.2) is 12.2 Å². The van der Waals surface area contributed by atoms with Crippen molar-refractivity contribution in [2.45, 2.75) is 18.0 Å². The molecule has 166 valence electrons. The molecule has 5 aromatic rings. The number of carbonyl (C=O) groups excluding carboxylic acids is 2. The lowest BCUT2D eigenvalue weighted by atomic mass is 10.2. The molecule has 0 saturated heterocycles.